The number of hydrogen-bond acceptors (Lipinski definition) is 4. The molecule has 19 heavy (non-hydrogen) atoms. The van der Waals surface area contributed by atoms with E-state index in [-0.39, 0.29) is 13.0 Å². The van der Waals surface area contributed by atoms with E-state index in [0.29, 0.717) is 11.6 Å². The molecule has 0 aliphatic carbocycles. The zero-order valence-corrected chi connectivity index (χ0v) is 11.1. The average molecular weight is 262 g/mol. The van der Waals surface area contributed by atoms with Crippen molar-refractivity contribution in [1.82, 2.24) is 0 Å². The van der Waals surface area contributed by atoms with E-state index in [4.69, 9.17) is 15.7 Å². The highest BCUT2D eigenvalue weighted by Gasteiger charge is 2.46. The van der Waals surface area contributed by atoms with Crippen molar-refractivity contribution in [2.24, 2.45) is 10.9 Å². The van der Waals surface area contributed by atoms with Gasteiger partial charge in [0.15, 0.2) is 0 Å². The van der Waals surface area contributed by atoms with Gasteiger partial charge in [-0.05, 0) is 17.0 Å². The van der Waals surface area contributed by atoms with Gasteiger partial charge in [0.2, 0.25) is 0 Å². The van der Waals surface area contributed by atoms with Gasteiger partial charge in [-0.15, -0.1) is 0 Å². The minimum atomic E-state index is -1.41. The van der Waals surface area contributed by atoms with Crippen molar-refractivity contribution in [1.29, 1.82) is 0 Å². The van der Waals surface area contributed by atoms with Gasteiger partial charge < -0.3 is 15.7 Å². The predicted octanol–water partition coefficient (Wildman–Crippen LogP) is 1.72. The number of nitrogens with two attached hydrogens (primary N) is 1. The van der Waals surface area contributed by atoms with Gasteiger partial charge in [0, 0.05) is 13.0 Å². The van der Waals surface area contributed by atoms with Gasteiger partial charge in [-0.25, -0.2) is 4.79 Å². The Morgan fingerprint density at radius 3 is 2.53 bits per heavy atom. The Morgan fingerprint density at radius 1 is 1.47 bits per heavy atom. The molecular formula is C14H18N2O3. The molecule has 1 atom stereocenters. The van der Waals surface area contributed by atoms with Crippen LogP contribution in [-0.2, 0) is 9.63 Å². The van der Waals surface area contributed by atoms with Crippen LogP contribution in [0.15, 0.2) is 29.4 Å². The average Bonchev–Trinajstić information content (AvgIpc) is 2.84. The summed E-state index contributed by atoms with van der Waals surface area (Å²) in [6.07, 6.45) is 0.194. The number of carbonyl (C=O) groups is 1. The van der Waals surface area contributed by atoms with Gasteiger partial charge >= 0.3 is 5.97 Å². The molecule has 0 aromatic heterocycles. The minimum absolute atomic E-state index is 0.0978. The van der Waals surface area contributed by atoms with Gasteiger partial charge in [-0.1, -0.05) is 43.3 Å². The highest BCUT2D eigenvalue weighted by molar-refractivity contribution is 6.04. The van der Waals surface area contributed by atoms with Gasteiger partial charge in [0.05, 0.1) is 5.71 Å². The normalized spacial score (nSPS) is 22.2. The fraction of sp³-hybridized carbons (Fsp3) is 0.429. The fourth-order valence-electron chi connectivity index (χ4n) is 2.00. The molecule has 1 aromatic carbocycles. The van der Waals surface area contributed by atoms with Crippen molar-refractivity contribution < 1.29 is 14.7 Å². The second-order valence-corrected chi connectivity index (χ2v) is 5.09. The zero-order valence-electron chi connectivity index (χ0n) is 11.1. The van der Waals surface area contributed by atoms with Crippen LogP contribution in [-0.4, -0.2) is 28.9 Å². The Bertz CT molecular complexity index is 508. The summed E-state index contributed by atoms with van der Waals surface area (Å²) in [7, 11) is 0. The number of rotatable bonds is 4. The molecule has 5 nitrogen and oxygen atoms in total. The maximum Gasteiger partial charge on any atom is 0.352 e. The first kappa shape index (κ1) is 13.5. The summed E-state index contributed by atoms with van der Waals surface area (Å²) >= 11 is 0. The monoisotopic (exact) mass is 262 g/mol. The van der Waals surface area contributed by atoms with Crippen LogP contribution in [0.4, 0.5) is 0 Å². The molecule has 0 saturated carbocycles. The molecular weight excluding hydrogens is 244 g/mol. The molecule has 1 aliphatic heterocycles. The van der Waals surface area contributed by atoms with Crippen LogP contribution >= 0.6 is 0 Å². The van der Waals surface area contributed by atoms with Crippen LogP contribution in [0.1, 0.15) is 37.3 Å². The van der Waals surface area contributed by atoms with E-state index < -0.39 is 11.6 Å². The second kappa shape index (κ2) is 5.01. The van der Waals surface area contributed by atoms with Gasteiger partial charge in [-0.3, -0.25) is 0 Å². The lowest BCUT2D eigenvalue weighted by atomic mass is 9.93. The summed E-state index contributed by atoms with van der Waals surface area (Å²) in [5.74, 6) is -0.620. The van der Waals surface area contributed by atoms with Crippen LogP contribution in [0.2, 0.25) is 0 Å². The smallest absolute Gasteiger partial charge is 0.352 e. The number of benzene rings is 1. The van der Waals surface area contributed by atoms with Crippen molar-refractivity contribution in [2.45, 2.75) is 31.8 Å². The van der Waals surface area contributed by atoms with Crippen LogP contribution in [0.5, 0.6) is 0 Å². The first-order valence-corrected chi connectivity index (χ1v) is 6.27. The Morgan fingerprint density at radius 2 is 2.11 bits per heavy atom. The van der Waals surface area contributed by atoms with E-state index in [1.807, 2.05) is 24.3 Å². The van der Waals surface area contributed by atoms with Crippen LogP contribution in [0.3, 0.4) is 0 Å². The number of aliphatic carboxylic acids is 1. The first-order chi connectivity index (χ1) is 8.98. The van der Waals surface area contributed by atoms with E-state index in [9.17, 15) is 4.79 Å². The Balaban J connectivity index is 2.19. The lowest BCUT2D eigenvalue weighted by Gasteiger charge is -2.18. The van der Waals surface area contributed by atoms with E-state index >= 15 is 0 Å². The molecule has 2 rings (SSSR count). The molecule has 3 N–H and O–H groups in total. The van der Waals surface area contributed by atoms with Gasteiger partial charge in [0.25, 0.3) is 5.60 Å². The lowest BCUT2D eigenvalue weighted by molar-refractivity contribution is -0.161. The van der Waals surface area contributed by atoms with Crippen molar-refractivity contribution >= 4 is 11.7 Å². The number of oxime groups is 1. The number of carboxylic acid groups (broad SMARTS) is 1. The van der Waals surface area contributed by atoms with E-state index in [2.05, 4.69) is 19.0 Å². The van der Waals surface area contributed by atoms with Crippen LogP contribution in [0, 0.1) is 0 Å². The van der Waals surface area contributed by atoms with Gasteiger partial charge in [-0.2, -0.15) is 0 Å². The summed E-state index contributed by atoms with van der Waals surface area (Å²) in [6, 6.07) is 7.91. The third-order valence-corrected chi connectivity index (χ3v) is 3.41. The molecule has 0 radical (unpaired) electrons. The fourth-order valence-corrected chi connectivity index (χ4v) is 2.00. The topological polar surface area (TPSA) is 84.9 Å². The third-order valence-electron chi connectivity index (χ3n) is 3.41. The quantitative estimate of drug-likeness (QED) is 0.865. The van der Waals surface area contributed by atoms with Crippen molar-refractivity contribution in [3.63, 3.8) is 0 Å². The summed E-state index contributed by atoms with van der Waals surface area (Å²) in [6.45, 7) is 4.14. The number of nitrogens with zero attached hydrogens (tertiary/aromatic N) is 1. The zero-order chi connectivity index (χ0) is 14.0. The highest BCUT2D eigenvalue weighted by Crippen LogP contribution is 2.27. The molecule has 102 valence electrons. The van der Waals surface area contributed by atoms with Gasteiger partial charge in [0.1, 0.15) is 0 Å². The Labute approximate surface area is 112 Å². The molecule has 5 heteroatoms. The molecule has 0 bridgehead atoms. The Hall–Kier alpha value is -1.88. The summed E-state index contributed by atoms with van der Waals surface area (Å²) in [5, 5.41) is 13.0. The highest BCUT2D eigenvalue weighted by atomic mass is 16.7. The number of carboxylic acids is 1. The van der Waals surface area contributed by atoms with E-state index in [0.717, 1.165) is 5.56 Å². The van der Waals surface area contributed by atoms with Crippen LogP contribution in [0.25, 0.3) is 0 Å². The summed E-state index contributed by atoms with van der Waals surface area (Å²) in [4.78, 5) is 16.3. The maximum absolute atomic E-state index is 11.2. The van der Waals surface area contributed by atoms with E-state index in [1.165, 1.54) is 5.56 Å². The summed E-state index contributed by atoms with van der Waals surface area (Å²) in [5.41, 5.74) is 6.82. The van der Waals surface area contributed by atoms with Crippen molar-refractivity contribution in [2.75, 3.05) is 6.54 Å². The second-order valence-electron chi connectivity index (χ2n) is 5.09. The number of hydrogen-bond donors (Lipinski definition) is 2. The summed E-state index contributed by atoms with van der Waals surface area (Å²) < 4.78 is 0. The molecule has 0 fully saturated rings. The molecule has 1 aliphatic rings. The standard InChI is InChI=1S/C14H18N2O3/c1-9(2)10-3-5-11(6-4-10)12-7-14(8-15,13(17)18)19-16-12/h3-6,9H,7-8,15H2,1-2H3,(H,17,18). The van der Waals surface area contributed by atoms with Crippen molar-refractivity contribution in [3.8, 4) is 0 Å². The van der Waals surface area contributed by atoms with E-state index in [1.54, 1.807) is 0 Å². The molecule has 0 saturated heterocycles. The molecule has 1 heterocycles. The maximum atomic E-state index is 11.2. The Kier molecular flexibility index (Phi) is 3.57. The molecule has 1 unspecified atom stereocenters. The predicted molar refractivity (Wildman–Crippen MR) is 72.2 cm³/mol. The van der Waals surface area contributed by atoms with Crippen LogP contribution < -0.4 is 5.73 Å². The third kappa shape index (κ3) is 2.46. The first-order valence-electron chi connectivity index (χ1n) is 6.27. The van der Waals surface area contributed by atoms with Crippen molar-refractivity contribution in [3.05, 3.63) is 35.4 Å². The SMILES string of the molecule is CC(C)c1ccc(C2=NOC(CN)(C(=O)O)C2)cc1. The lowest BCUT2D eigenvalue weighted by Crippen LogP contribution is -2.45. The molecule has 0 spiro atoms. The largest absolute Gasteiger partial charge is 0.478 e. The molecule has 1 aromatic rings. The molecule has 0 amide bonds. The minimum Gasteiger partial charge on any atom is -0.478 e.